The molecule has 0 aliphatic carbocycles. The van der Waals surface area contributed by atoms with E-state index < -0.39 is 0 Å². The van der Waals surface area contributed by atoms with Crippen LogP contribution in [0.15, 0.2) is 24.3 Å². The molecule has 1 saturated heterocycles. The van der Waals surface area contributed by atoms with E-state index >= 15 is 0 Å². The highest BCUT2D eigenvalue weighted by Gasteiger charge is 2.22. The number of hydrogen-bond donors (Lipinski definition) is 1. The second-order valence-electron chi connectivity index (χ2n) is 4.99. The number of nitrogens with one attached hydrogen (secondary N) is 1. The normalized spacial score (nSPS) is 19.3. The summed E-state index contributed by atoms with van der Waals surface area (Å²) in [4.78, 5) is 13.9. The van der Waals surface area contributed by atoms with Crippen LogP contribution < -0.4 is 5.32 Å². The monoisotopic (exact) mass is 262 g/mol. The molecule has 19 heavy (non-hydrogen) atoms. The zero-order chi connectivity index (χ0) is 13.7. The fourth-order valence-electron chi connectivity index (χ4n) is 2.15. The van der Waals surface area contributed by atoms with Crippen LogP contribution in [0.2, 0.25) is 0 Å². The highest BCUT2D eigenvalue weighted by atomic mass is 16.5. The van der Waals surface area contributed by atoms with Crippen LogP contribution in [0.25, 0.3) is 0 Å². The van der Waals surface area contributed by atoms with E-state index in [0.717, 1.165) is 12.0 Å². The van der Waals surface area contributed by atoms with Crippen LogP contribution in [0, 0.1) is 6.92 Å². The Morgan fingerprint density at radius 2 is 2.16 bits per heavy atom. The molecular formula is C15H22N2O2. The summed E-state index contributed by atoms with van der Waals surface area (Å²) >= 11 is 0. The summed E-state index contributed by atoms with van der Waals surface area (Å²) in [6.45, 7) is 6.72. The van der Waals surface area contributed by atoms with Gasteiger partial charge in [0.25, 0.3) is 0 Å². The van der Waals surface area contributed by atoms with Gasteiger partial charge in [0, 0.05) is 19.6 Å². The van der Waals surface area contributed by atoms with Crippen molar-refractivity contribution in [3.8, 4) is 0 Å². The number of morpholine rings is 1. The standard InChI is InChI=1S/C15H22N2O2/c1-3-14-11-17(8-9-19-14)15(18)16-10-13-6-4-12(2)5-7-13/h4-7,14H,3,8-11H2,1-2H3,(H,16,18). The number of rotatable bonds is 3. The molecule has 1 unspecified atom stereocenters. The van der Waals surface area contributed by atoms with Crippen molar-refractivity contribution < 1.29 is 9.53 Å². The number of nitrogens with zero attached hydrogens (tertiary/aromatic N) is 1. The zero-order valence-corrected chi connectivity index (χ0v) is 11.7. The average molecular weight is 262 g/mol. The lowest BCUT2D eigenvalue weighted by Crippen LogP contribution is -2.49. The van der Waals surface area contributed by atoms with Crippen molar-refractivity contribution in [1.29, 1.82) is 0 Å². The summed E-state index contributed by atoms with van der Waals surface area (Å²) in [5.41, 5.74) is 2.35. The second kappa shape index (κ2) is 6.57. The smallest absolute Gasteiger partial charge is 0.317 e. The van der Waals surface area contributed by atoms with Gasteiger partial charge in [-0.25, -0.2) is 4.79 Å². The Morgan fingerprint density at radius 3 is 2.84 bits per heavy atom. The first-order chi connectivity index (χ1) is 9.19. The molecule has 0 aromatic heterocycles. The zero-order valence-electron chi connectivity index (χ0n) is 11.7. The first kappa shape index (κ1) is 13.9. The van der Waals surface area contributed by atoms with Crippen LogP contribution >= 0.6 is 0 Å². The molecule has 0 radical (unpaired) electrons. The van der Waals surface area contributed by atoms with E-state index in [-0.39, 0.29) is 12.1 Å². The fraction of sp³-hybridized carbons (Fsp3) is 0.533. The number of urea groups is 1. The highest BCUT2D eigenvalue weighted by molar-refractivity contribution is 5.74. The van der Waals surface area contributed by atoms with Gasteiger partial charge in [-0.15, -0.1) is 0 Å². The molecule has 1 aromatic carbocycles. The van der Waals surface area contributed by atoms with E-state index in [1.165, 1.54) is 5.56 Å². The molecule has 0 spiro atoms. The maximum atomic E-state index is 12.1. The van der Waals surface area contributed by atoms with Crippen molar-refractivity contribution in [2.24, 2.45) is 0 Å². The van der Waals surface area contributed by atoms with Crippen molar-refractivity contribution >= 4 is 6.03 Å². The van der Waals surface area contributed by atoms with Gasteiger partial charge < -0.3 is 15.0 Å². The number of carbonyl (C=O) groups is 1. The van der Waals surface area contributed by atoms with Gasteiger partial charge in [0.05, 0.1) is 12.7 Å². The van der Waals surface area contributed by atoms with E-state index in [1.54, 1.807) is 0 Å². The lowest BCUT2D eigenvalue weighted by atomic mass is 10.1. The third kappa shape index (κ3) is 3.96. The van der Waals surface area contributed by atoms with Crippen LogP contribution in [-0.4, -0.2) is 36.7 Å². The van der Waals surface area contributed by atoms with Gasteiger partial charge in [0.2, 0.25) is 0 Å². The van der Waals surface area contributed by atoms with Crippen molar-refractivity contribution in [1.82, 2.24) is 10.2 Å². The molecule has 2 rings (SSSR count). The summed E-state index contributed by atoms with van der Waals surface area (Å²) < 4.78 is 5.56. The Kier molecular flexibility index (Phi) is 4.80. The largest absolute Gasteiger partial charge is 0.375 e. The minimum atomic E-state index is 0.00215. The number of aryl methyl sites for hydroxylation is 1. The molecule has 1 N–H and O–H groups in total. The summed E-state index contributed by atoms with van der Waals surface area (Å²) in [6.07, 6.45) is 1.13. The Balaban J connectivity index is 1.82. The van der Waals surface area contributed by atoms with Gasteiger partial charge in [-0.2, -0.15) is 0 Å². The molecule has 1 fully saturated rings. The fourth-order valence-corrected chi connectivity index (χ4v) is 2.15. The number of benzene rings is 1. The molecule has 1 atom stereocenters. The lowest BCUT2D eigenvalue weighted by molar-refractivity contribution is -0.0154. The Labute approximate surface area is 114 Å². The van der Waals surface area contributed by atoms with Crippen molar-refractivity contribution in [3.05, 3.63) is 35.4 Å². The summed E-state index contributed by atoms with van der Waals surface area (Å²) in [5, 5.41) is 2.96. The maximum absolute atomic E-state index is 12.1. The number of carbonyl (C=O) groups excluding carboxylic acids is 1. The van der Waals surface area contributed by atoms with Gasteiger partial charge in [-0.1, -0.05) is 36.8 Å². The SMILES string of the molecule is CCC1CN(C(=O)NCc2ccc(C)cc2)CCO1. The molecule has 4 nitrogen and oxygen atoms in total. The minimum Gasteiger partial charge on any atom is -0.375 e. The molecule has 2 amide bonds. The second-order valence-corrected chi connectivity index (χ2v) is 4.99. The lowest BCUT2D eigenvalue weighted by Gasteiger charge is -2.32. The van der Waals surface area contributed by atoms with E-state index in [0.29, 0.717) is 26.2 Å². The average Bonchev–Trinajstić information content (AvgIpc) is 2.46. The minimum absolute atomic E-state index is 0.00215. The van der Waals surface area contributed by atoms with Crippen LogP contribution in [0.5, 0.6) is 0 Å². The summed E-state index contributed by atoms with van der Waals surface area (Å²) in [7, 11) is 0. The van der Waals surface area contributed by atoms with Gasteiger partial charge in [0.15, 0.2) is 0 Å². The molecule has 1 heterocycles. The van der Waals surface area contributed by atoms with E-state index in [2.05, 4.69) is 31.3 Å². The Bertz CT molecular complexity index is 417. The number of amides is 2. The third-order valence-corrected chi connectivity index (χ3v) is 3.45. The molecule has 0 bridgehead atoms. The predicted molar refractivity (Wildman–Crippen MR) is 75.0 cm³/mol. The molecule has 1 aliphatic rings. The van der Waals surface area contributed by atoms with Crippen molar-refractivity contribution in [3.63, 3.8) is 0 Å². The Hall–Kier alpha value is -1.55. The maximum Gasteiger partial charge on any atom is 0.317 e. The van der Waals surface area contributed by atoms with Crippen molar-refractivity contribution in [2.45, 2.75) is 32.9 Å². The molecule has 104 valence electrons. The van der Waals surface area contributed by atoms with Crippen LogP contribution in [0.1, 0.15) is 24.5 Å². The van der Waals surface area contributed by atoms with Gasteiger partial charge in [0.1, 0.15) is 0 Å². The first-order valence-corrected chi connectivity index (χ1v) is 6.89. The topological polar surface area (TPSA) is 41.6 Å². The van der Waals surface area contributed by atoms with Crippen LogP contribution in [0.3, 0.4) is 0 Å². The highest BCUT2D eigenvalue weighted by Crippen LogP contribution is 2.09. The molecule has 0 saturated carbocycles. The van der Waals surface area contributed by atoms with Gasteiger partial charge in [-0.05, 0) is 18.9 Å². The first-order valence-electron chi connectivity index (χ1n) is 6.89. The molecule has 4 heteroatoms. The summed E-state index contributed by atoms with van der Waals surface area (Å²) in [5.74, 6) is 0. The number of hydrogen-bond acceptors (Lipinski definition) is 2. The number of ether oxygens (including phenoxy) is 1. The van der Waals surface area contributed by atoms with Gasteiger partial charge in [-0.3, -0.25) is 0 Å². The van der Waals surface area contributed by atoms with E-state index in [9.17, 15) is 4.79 Å². The van der Waals surface area contributed by atoms with Crippen molar-refractivity contribution in [2.75, 3.05) is 19.7 Å². The molecule has 1 aromatic rings. The van der Waals surface area contributed by atoms with Crippen LogP contribution in [-0.2, 0) is 11.3 Å². The van der Waals surface area contributed by atoms with E-state index in [4.69, 9.17) is 4.74 Å². The molecule has 1 aliphatic heterocycles. The van der Waals surface area contributed by atoms with Gasteiger partial charge >= 0.3 is 6.03 Å². The van der Waals surface area contributed by atoms with Crippen LogP contribution in [0.4, 0.5) is 4.79 Å². The van der Waals surface area contributed by atoms with E-state index in [1.807, 2.05) is 17.0 Å². The quantitative estimate of drug-likeness (QED) is 0.908. The summed E-state index contributed by atoms with van der Waals surface area (Å²) in [6, 6.07) is 8.21. The predicted octanol–water partition coefficient (Wildman–Crippen LogP) is 2.32. The molecular weight excluding hydrogens is 240 g/mol. The Morgan fingerprint density at radius 1 is 1.42 bits per heavy atom. The third-order valence-electron chi connectivity index (χ3n) is 3.45.